The molecule has 1 aliphatic heterocycles. The van der Waals surface area contributed by atoms with Gasteiger partial charge in [-0.2, -0.15) is 5.10 Å². The van der Waals surface area contributed by atoms with Crippen LogP contribution in [0.15, 0.2) is 0 Å². The van der Waals surface area contributed by atoms with Crippen molar-refractivity contribution < 1.29 is 9.59 Å². The summed E-state index contributed by atoms with van der Waals surface area (Å²) in [6.45, 7) is 8.59. The van der Waals surface area contributed by atoms with E-state index in [1.807, 2.05) is 32.6 Å². The highest BCUT2D eigenvalue weighted by Gasteiger charge is 2.44. The van der Waals surface area contributed by atoms with Gasteiger partial charge in [0.15, 0.2) is 5.82 Å². The number of H-pyrrole nitrogens is 1. The van der Waals surface area contributed by atoms with Crippen LogP contribution in [0.3, 0.4) is 0 Å². The molecule has 0 bridgehead atoms. The van der Waals surface area contributed by atoms with Gasteiger partial charge in [-0.05, 0) is 38.5 Å². The molecule has 2 N–H and O–H groups in total. The van der Waals surface area contributed by atoms with E-state index in [0.717, 1.165) is 11.3 Å². The Kier molecular flexibility index (Phi) is 3.94. The average molecular weight is 318 g/mol. The van der Waals surface area contributed by atoms with Gasteiger partial charge in [-0.3, -0.25) is 14.7 Å². The van der Waals surface area contributed by atoms with Crippen molar-refractivity contribution in [2.45, 2.75) is 65.5 Å². The summed E-state index contributed by atoms with van der Waals surface area (Å²) in [5, 5.41) is 10.2. The molecule has 3 rings (SSSR count). The molecule has 0 radical (unpaired) electrons. The molecule has 1 aliphatic carbocycles. The maximum Gasteiger partial charge on any atom is 0.225 e. The quantitative estimate of drug-likeness (QED) is 0.876. The third kappa shape index (κ3) is 3.12. The fourth-order valence-electron chi connectivity index (χ4n) is 3.25. The van der Waals surface area contributed by atoms with Gasteiger partial charge < -0.3 is 10.2 Å². The van der Waals surface area contributed by atoms with Crippen LogP contribution in [-0.4, -0.2) is 26.9 Å². The molecule has 0 saturated heterocycles. The van der Waals surface area contributed by atoms with Crippen LogP contribution < -0.4 is 5.32 Å². The number of carbonyl (C=O) groups is 2. The molecular formula is C17H26N4O2. The molecule has 1 aromatic heterocycles. The highest BCUT2D eigenvalue weighted by atomic mass is 16.2. The Balaban J connectivity index is 1.75. The molecule has 1 aromatic rings. The van der Waals surface area contributed by atoms with Crippen LogP contribution in [0.4, 0.5) is 5.82 Å². The molecule has 0 unspecified atom stereocenters. The van der Waals surface area contributed by atoms with Gasteiger partial charge in [0.05, 0.1) is 17.8 Å². The normalized spacial score (nSPS) is 19.1. The fraction of sp³-hybridized carbons (Fsp3) is 0.706. The lowest BCUT2D eigenvalue weighted by molar-refractivity contribution is -0.137. The van der Waals surface area contributed by atoms with Crippen LogP contribution in [-0.2, 0) is 21.7 Å². The second kappa shape index (κ2) is 5.65. The number of anilines is 1. The van der Waals surface area contributed by atoms with Crippen LogP contribution >= 0.6 is 0 Å². The zero-order valence-electron chi connectivity index (χ0n) is 14.4. The number of rotatable bonds is 5. The first-order chi connectivity index (χ1) is 10.8. The molecule has 6 heteroatoms. The monoisotopic (exact) mass is 318 g/mol. The van der Waals surface area contributed by atoms with E-state index in [1.165, 1.54) is 12.8 Å². The molecule has 6 nitrogen and oxygen atoms in total. The van der Waals surface area contributed by atoms with Gasteiger partial charge in [0.2, 0.25) is 11.8 Å². The number of nitrogens with one attached hydrogen (secondary N) is 2. The second-order valence-electron chi connectivity index (χ2n) is 7.76. The third-order valence-corrected chi connectivity index (χ3v) is 4.78. The van der Waals surface area contributed by atoms with E-state index < -0.39 is 5.54 Å². The van der Waals surface area contributed by atoms with Gasteiger partial charge in [0.1, 0.15) is 0 Å². The predicted molar refractivity (Wildman–Crippen MR) is 87.6 cm³/mol. The molecule has 0 aromatic carbocycles. The zero-order valence-corrected chi connectivity index (χ0v) is 14.4. The van der Waals surface area contributed by atoms with Crippen LogP contribution in [0.25, 0.3) is 0 Å². The Morgan fingerprint density at radius 3 is 2.70 bits per heavy atom. The standard InChI is InChI=1S/C17H26N4O2/c1-10(2)7-13(22)18-16-12-9-21(14(23)8-11-5-6-11)17(3,4)15(12)19-20-16/h10-11H,5-9H2,1-4H3,(H2,18,19,20,22). The molecule has 1 fully saturated rings. The van der Waals surface area contributed by atoms with Crippen LogP contribution in [0, 0.1) is 11.8 Å². The minimum Gasteiger partial charge on any atom is -0.327 e. The van der Waals surface area contributed by atoms with Gasteiger partial charge in [-0.15, -0.1) is 0 Å². The SMILES string of the molecule is CC(C)CC(=O)Nc1n[nH]c2c1CN(C(=O)CC1CC1)C2(C)C. The summed E-state index contributed by atoms with van der Waals surface area (Å²) in [6.07, 6.45) is 3.44. The number of amides is 2. The number of hydrogen-bond acceptors (Lipinski definition) is 3. The predicted octanol–water partition coefficient (Wildman–Crippen LogP) is 2.77. The highest BCUT2D eigenvalue weighted by molar-refractivity contribution is 5.91. The Labute approximate surface area is 137 Å². The van der Waals surface area contributed by atoms with Crippen LogP contribution in [0.2, 0.25) is 0 Å². The highest BCUT2D eigenvalue weighted by Crippen LogP contribution is 2.42. The Bertz CT molecular complexity index is 629. The summed E-state index contributed by atoms with van der Waals surface area (Å²) >= 11 is 0. The van der Waals surface area contributed by atoms with Gasteiger partial charge in [-0.1, -0.05) is 13.8 Å². The van der Waals surface area contributed by atoms with Crippen LogP contribution in [0.5, 0.6) is 0 Å². The van der Waals surface area contributed by atoms with E-state index in [9.17, 15) is 9.59 Å². The van der Waals surface area contributed by atoms with Gasteiger partial charge in [-0.25, -0.2) is 0 Å². The van der Waals surface area contributed by atoms with Crippen molar-refractivity contribution in [3.63, 3.8) is 0 Å². The van der Waals surface area contributed by atoms with Crippen molar-refractivity contribution in [2.24, 2.45) is 11.8 Å². The molecule has 0 spiro atoms. The van der Waals surface area contributed by atoms with Crippen LogP contribution in [0.1, 0.15) is 64.6 Å². The van der Waals surface area contributed by atoms with E-state index in [0.29, 0.717) is 37.0 Å². The number of hydrogen-bond donors (Lipinski definition) is 2. The molecule has 23 heavy (non-hydrogen) atoms. The van der Waals surface area contributed by atoms with E-state index >= 15 is 0 Å². The summed E-state index contributed by atoms with van der Waals surface area (Å²) in [6, 6.07) is 0. The first kappa shape index (κ1) is 16.0. The zero-order chi connectivity index (χ0) is 16.8. The molecule has 0 atom stereocenters. The Morgan fingerprint density at radius 1 is 1.39 bits per heavy atom. The van der Waals surface area contributed by atoms with Crippen molar-refractivity contribution in [1.82, 2.24) is 15.1 Å². The Morgan fingerprint density at radius 2 is 2.09 bits per heavy atom. The summed E-state index contributed by atoms with van der Waals surface area (Å²) in [4.78, 5) is 26.5. The van der Waals surface area contributed by atoms with E-state index in [1.54, 1.807) is 0 Å². The minimum absolute atomic E-state index is 0.0325. The van der Waals surface area contributed by atoms with Crippen molar-refractivity contribution >= 4 is 17.6 Å². The number of carbonyl (C=O) groups excluding carboxylic acids is 2. The molecular weight excluding hydrogens is 292 g/mol. The topological polar surface area (TPSA) is 78.1 Å². The van der Waals surface area contributed by atoms with E-state index in [-0.39, 0.29) is 11.8 Å². The maximum atomic E-state index is 12.6. The van der Waals surface area contributed by atoms with Gasteiger partial charge in [0.25, 0.3) is 0 Å². The van der Waals surface area contributed by atoms with Crippen molar-refractivity contribution in [2.75, 3.05) is 5.32 Å². The van der Waals surface area contributed by atoms with Crippen molar-refractivity contribution in [3.8, 4) is 0 Å². The molecule has 2 aliphatic rings. The van der Waals surface area contributed by atoms with E-state index in [2.05, 4.69) is 15.5 Å². The first-order valence-electron chi connectivity index (χ1n) is 8.47. The number of fused-ring (bicyclic) bond motifs is 1. The fourth-order valence-corrected chi connectivity index (χ4v) is 3.25. The minimum atomic E-state index is -0.407. The first-order valence-corrected chi connectivity index (χ1v) is 8.47. The van der Waals surface area contributed by atoms with Gasteiger partial charge >= 0.3 is 0 Å². The Hall–Kier alpha value is -1.85. The second-order valence-corrected chi connectivity index (χ2v) is 7.76. The van der Waals surface area contributed by atoms with E-state index in [4.69, 9.17) is 0 Å². The number of aromatic nitrogens is 2. The number of aromatic amines is 1. The lowest BCUT2D eigenvalue weighted by Gasteiger charge is -2.32. The smallest absolute Gasteiger partial charge is 0.225 e. The van der Waals surface area contributed by atoms with Gasteiger partial charge in [0, 0.05) is 18.4 Å². The molecule has 1 saturated carbocycles. The largest absolute Gasteiger partial charge is 0.327 e. The molecule has 2 heterocycles. The lowest BCUT2D eigenvalue weighted by Crippen LogP contribution is -2.40. The summed E-state index contributed by atoms with van der Waals surface area (Å²) in [5.41, 5.74) is 1.47. The maximum absolute atomic E-state index is 12.6. The number of nitrogens with zero attached hydrogens (tertiary/aromatic N) is 2. The third-order valence-electron chi connectivity index (χ3n) is 4.78. The molecule has 2 amide bonds. The molecule has 126 valence electrons. The summed E-state index contributed by atoms with van der Waals surface area (Å²) in [7, 11) is 0. The van der Waals surface area contributed by atoms with Crippen molar-refractivity contribution in [3.05, 3.63) is 11.3 Å². The summed E-state index contributed by atoms with van der Waals surface area (Å²) in [5.74, 6) is 1.60. The lowest BCUT2D eigenvalue weighted by atomic mass is 10.00. The van der Waals surface area contributed by atoms with Crippen molar-refractivity contribution in [1.29, 1.82) is 0 Å². The average Bonchev–Trinajstić information content (AvgIpc) is 3.07. The summed E-state index contributed by atoms with van der Waals surface area (Å²) < 4.78 is 0.